The molecular formula is C27H30O3. The van der Waals surface area contributed by atoms with Gasteiger partial charge in [0.15, 0.2) is 0 Å². The summed E-state index contributed by atoms with van der Waals surface area (Å²) < 4.78 is 6.27. The first-order valence-electron chi connectivity index (χ1n) is 11.2. The summed E-state index contributed by atoms with van der Waals surface area (Å²) in [5.74, 6) is 0.910. The van der Waals surface area contributed by atoms with Crippen LogP contribution in [0.4, 0.5) is 0 Å². The van der Waals surface area contributed by atoms with Crippen LogP contribution in [0.2, 0.25) is 0 Å². The van der Waals surface area contributed by atoms with Gasteiger partial charge in [-0.15, -0.1) is 0 Å². The molecule has 3 aromatic carbocycles. The van der Waals surface area contributed by atoms with Gasteiger partial charge in [0.1, 0.15) is 5.75 Å². The number of carboxylic acids is 1. The summed E-state index contributed by atoms with van der Waals surface area (Å²) in [5.41, 5.74) is 3.19. The van der Waals surface area contributed by atoms with Crippen molar-refractivity contribution in [3.63, 3.8) is 0 Å². The van der Waals surface area contributed by atoms with E-state index in [0.717, 1.165) is 41.4 Å². The largest absolute Gasteiger partial charge is 0.493 e. The van der Waals surface area contributed by atoms with Crippen molar-refractivity contribution in [3.05, 3.63) is 66.2 Å². The van der Waals surface area contributed by atoms with E-state index in [4.69, 9.17) is 9.84 Å². The molecule has 0 aliphatic heterocycles. The molecule has 1 saturated carbocycles. The van der Waals surface area contributed by atoms with Gasteiger partial charge in [-0.05, 0) is 58.9 Å². The maximum Gasteiger partial charge on any atom is 0.303 e. The fraction of sp³-hybridized carbons (Fsp3) is 0.370. The minimum Gasteiger partial charge on any atom is -0.493 e. The van der Waals surface area contributed by atoms with Crippen LogP contribution in [0.3, 0.4) is 0 Å². The molecule has 0 bridgehead atoms. The number of hydrogen-bond donors (Lipinski definition) is 1. The Labute approximate surface area is 178 Å². The monoisotopic (exact) mass is 402 g/mol. The van der Waals surface area contributed by atoms with E-state index in [1.807, 2.05) is 18.2 Å². The zero-order valence-electron chi connectivity index (χ0n) is 17.5. The van der Waals surface area contributed by atoms with Crippen molar-refractivity contribution in [3.8, 4) is 16.9 Å². The predicted octanol–water partition coefficient (Wildman–Crippen LogP) is 6.87. The molecule has 1 N–H and O–H groups in total. The van der Waals surface area contributed by atoms with E-state index in [1.54, 1.807) is 0 Å². The van der Waals surface area contributed by atoms with Crippen LogP contribution in [0.15, 0.2) is 60.7 Å². The number of ether oxygens (including phenoxy) is 1. The van der Waals surface area contributed by atoms with Crippen LogP contribution in [0.1, 0.15) is 50.5 Å². The fourth-order valence-electron chi connectivity index (χ4n) is 4.50. The van der Waals surface area contributed by atoms with E-state index in [9.17, 15) is 4.79 Å². The number of rotatable bonds is 8. The molecule has 3 aromatic rings. The molecule has 0 heterocycles. The number of hydrogen-bond acceptors (Lipinski definition) is 2. The number of carboxylic acid groups (broad SMARTS) is 1. The summed E-state index contributed by atoms with van der Waals surface area (Å²) in [6.07, 6.45) is 8.51. The first-order valence-corrected chi connectivity index (χ1v) is 11.2. The van der Waals surface area contributed by atoms with Crippen LogP contribution < -0.4 is 4.74 Å². The normalized spacial score (nSPS) is 14.7. The average Bonchev–Trinajstić information content (AvgIpc) is 2.78. The molecule has 4 rings (SSSR count). The third-order valence-electron chi connectivity index (χ3n) is 6.24. The van der Waals surface area contributed by atoms with Crippen molar-refractivity contribution >= 4 is 16.7 Å². The lowest BCUT2D eigenvalue weighted by Gasteiger charge is -2.22. The minimum atomic E-state index is -0.768. The maximum absolute atomic E-state index is 11.0. The van der Waals surface area contributed by atoms with E-state index < -0.39 is 5.97 Å². The first-order chi connectivity index (χ1) is 14.7. The van der Waals surface area contributed by atoms with Crippen molar-refractivity contribution in [2.24, 2.45) is 5.92 Å². The van der Waals surface area contributed by atoms with Gasteiger partial charge in [-0.2, -0.15) is 0 Å². The Morgan fingerprint density at radius 1 is 0.933 bits per heavy atom. The summed E-state index contributed by atoms with van der Waals surface area (Å²) in [5, 5.41) is 11.5. The molecule has 0 atom stereocenters. The summed E-state index contributed by atoms with van der Waals surface area (Å²) in [4.78, 5) is 11.0. The van der Waals surface area contributed by atoms with Crippen molar-refractivity contribution < 1.29 is 14.6 Å². The second-order valence-corrected chi connectivity index (χ2v) is 8.43. The molecule has 1 aliphatic rings. The van der Waals surface area contributed by atoms with Crippen LogP contribution in [0.5, 0.6) is 5.75 Å². The van der Waals surface area contributed by atoms with Gasteiger partial charge in [-0.1, -0.05) is 74.6 Å². The SMILES string of the molecule is O=C(O)CCc1ccc(OCCC2CCCCC2)c(-c2ccc3ccccc3c2)c1. The van der Waals surface area contributed by atoms with E-state index >= 15 is 0 Å². The molecule has 156 valence electrons. The zero-order chi connectivity index (χ0) is 20.8. The van der Waals surface area contributed by atoms with Crippen LogP contribution >= 0.6 is 0 Å². The molecular weight excluding hydrogens is 372 g/mol. The van der Waals surface area contributed by atoms with Crippen LogP contribution in [0.25, 0.3) is 21.9 Å². The fourth-order valence-corrected chi connectivity index (χ4v) is 4.50. The lowest BCUT2D eigenvalue weighted by molar-refractivity contribution is -0.136. The molecule has 1 fully saturated rings. The first kappa shape index (κ1) is 20.5. The van der Waals surface area contributed by atoms with Gasteiger partial charge in [0.2, 0.25) is 0 Å². The van der Waals surface area contributed by atoms with Gasteiger partial charge in [0, 0.05) is 12.0 Å². The van der Waals surface area contributed by atoms with Crippen molar-refractivity contribution in [1.29, 1.82) is 0 Å². The average molecular weight is 403 g/mol. The quantitative estimate of drug-likeness (QED) is 0.447. The Balaban J connectivity index is 1.58. The van der Waals surface area contributed by atoms with Gasteiger partial charge >= 0.3 is 5.97 Å². The minimum absolute atomic E-state index is 0.138. The Morgan fingerprint density at radius 3 is 2.53 bits per heavy atom. The second-order valence-electron chi connectivity index (χ2n) is 8.43. The smallest absolute Gasteiger partial charge is 0.303 e. The van der Waals surface area contributed by atoms with E-state index in [0.29, 0.717) is 6.42 Å². The second kappa shape index (κ2) is 9.80. The van der Waals surface area contributed by atoms with Crippen molar-refractivity contribution in [1.82, 2.24) is 0 Å². The molecule has 0 amide bonds. The third kappa shape index (κ3) is 5.21. The summed E-state index contributed by atoms with van der Waals surface area (Å²) in [6.45, 7) is 0.736. The van der Waals surface area contributed by atoms with Gasteiger partial charge in [0.05, 0.1) is 6.61 Å². The molecule has 0 radical (unpaired) electrons. The maximum atomic E-state index is 11.0. The highest BCUT2D eigenvalue weighted by atomic mass is 16.5. The highest BCUT2D eigenvalue weighted by Crippen LogP contribution is 2.34. The lowest BCUT2D eigenvalue weighted by Crippen LogP contribution is -2.11. The van der Waals surface area contributed by atoms with Gasteiger partial charge in [-0.3, -0.25) is 4.79 Å². The van der Waals surface area contributed by atoms with Gasteiger partial charge in [-0.25, -0.2) is 0 Å². The number of fused-ring (bicyclic) bond motifs is 1. The van der Waals surface area contributed by atoms with Crippen LogP contribution in [-0.2, 0) is 11.2 Å². The standard InChI is InChI=1S/C27H30O3/c28-27(29)15-11-21-10-14-26(30-17-16-20-6-2-1-3-7-20)25(18-21)24-13-12-22-8-4-5-9-23(22)19-24/h4-5,8-10,12-14,18-20H,1-3,6-7,11,15-17H2,(H,28,29). The number of carbonyl (C=O) groups is 1. The van der Waals surface area contributed by atoms with E-state index in [2.05, 4.69) is 42.5 Å². The van der Waals surface area contributed by atoms with Gasteiger partial charge < -0.3 is 9.84 Å². The van der Waals surface area contributed by atoms with Crippen LogP contribution in [-0.4, -0.2) is 17.7 Å². The summed E-state index contributed by atoms with van der Waals surface area (Å²) >= 11 is 0. The Morgan fingerprint density at radius 2 is 1.73 bits per heavy atom. The zero-order valence-corrected chi connectivity index (χ0v) is 17.5. The molecule has 0 aromatic heterocycles. The van der Waals surface area contributed by atoms with Gasteiger partial charge in [0.25, 0.3) is 0 Å². The van der Waals surface area contributed by atoms with E-state index in [1.165, 1.54) is 42.9 Å². The third-order valence-corrected chi connectivity index (χ3v) is 6.24. The Bertz CT molecular complexity index is 1000. The molecule has 1 aliphatic carbocycles. The number of benzene rings is 3. The lowest BCUT2D eigenvalue weighted by atomic mass is 9.87. The molecule has 0 spiro atoms. The number of aryl methyl sites for hydroxylation is 1. The predicted molar refractivity (Wildman–Crippen MR) is 122 cm³/mol. The molecule has 0 saturated heterocycles. The summed E-state index contributed by atoms with van der Waals surface area (Å²) in [7, 11) is 0. The van der Waals surface area contributed by atoms with E-state index in [-0.39, 0.29) is 6.42 Å². The highest BCUT2D eigenvalue weighted by molar-refractivity contribution is 5.88. The molecule has 30 heavy (non-hydrogen) atoms. The highest BCUT2D eigenvalue weighted by Gasteiger charge is 2.15. The number of aliphatic carboxylic acids is 1. The summed E-state index contributed by atoms with van der Waals surface area (Å²) in [6, 6.07) is 20.9. The molecule has 3 nitrogen and oxygen atoms in total. The molecule has 0 unspecified atom stereocenters. The Hall–Kier alpha value is -2.81. The Kier molecular flexibility index (Phi) is 6.68. The topological polar surface area (TPSA) is 46.5 Å². The van der Waals surface area contributed by atoms with Crippen molar-refractivity contribution in [2.45, 2.75) is 51.4 Å². The van der Waals surface area contributed by atoms with Crippen LogP contribution in [0, 0.1) is 5.92 Å². The van der Waals surface area contributed by atoms with Crippen molar-refractivity contribution in [2.75, 3.05) is 6.61 Å². The molecule has 3 heteroatoms.